The minimum atomic E-state index is -0.537. The first kappa shape index (κ1) is 12.1. The zero-order valence-electron chi connectivity index (χ0n) is 9.45. The van der Waals surface area contributed by atoms with Crippen molar-refractivity contribution in [3.8, 4) is 6.07 Å². The van der Waals surface area contributed by atoms with Crippen LogP contribution in [0.15, 0.2) is 42.5 Å². The largest absolute Gasteiger partial charge is 0.381 e. The fraction of sp³-hybridized carbons (Fsp3) is 0.0714. The lowest BCUT2D eigenvalue weighted by Gasteiger charge is -2.07. The summed E-state index contributed by atoms with van der Waals surface area (Å²) in [6.45, 7) is 0.483. The maximum absolute atomic E-state index is 13.1. The fourth-order valence-corrected chi connectivity index (χ4v) is 1.53. The summed E-state index contributed by atoms with van der Waals surface area (Å²) in [7, 11) is 0. The Kier molecular flexibility index (Phi) is 3.54. The number of benzene rings is 2. The molecule has 2 aromatic carbocycles. The van der Waals surface area contributed by atoms with Gasteiger partial charge >= 0.3 is 0 Å². The van der Waals surface area contributed by atoms with E-state index in [4.69, 9.17) is 5.26 Å². The lowest BCUT2D eigenvalue weighted by atomic mass is 10.2. The van der Waals surface area contributed by atoms with Crippen molar-refractivity contribution in [2.75, 3.05) is 5.32 Å². The number of nitriles is 1. The van der Waals surface area contributed by atoms with E-state index in [1.165, 1.54) is 24.3 Å². The lowest BCUT2D eigenvalue weighted by molar-refractivity contribution is 0.624. The molecule has 0 aromatic heterocycles. The second-order valence-corrected chi connectivity index (χ2v) is 3.79. The Hall–Kier alpha value is -2.41. The van der Waals surface area contributed by atoms with Crippen molar-refractivity contribution >= 4 is 5.69 Å². The predicted octanol–water partition coefficient (Wildman–Crippen LogP) is 3.45. The van der Waals surface area contributed by atoms with Crippen LogP contribution in [0.3, 0.4) is 0 Å². The Bertz CT molecular complexity index is 586. The smallest absolute Gasteiger partial charge is 0.141 e. The molecule has 0 unspecified atom stereocenters. The van der Waals surface area contributed by atoms with Crippen LogP contribution in [0.1, 0.15) is 11.1 Å². The molecular weight excluding hydrogens is 234 g/mol. The Balaban J connectivity index is 2.06. The Morgan fingerprint density at radius 2 is 1.78 bits per heavy atom. The maximum Gasteiger partial charge on any atom is 0.141 e. The molecule has 0 heterocycles. The highest BCUT2D eigenvalue weighted by Gasteiger charge is 2.02. The van der Waals surface area contributed by atoms with Crippen LogP contribution < -0.4 is 5.32 Å². The van der Waals surface area contributed by atoms with Crippen LogP contribution in [-0.2, 0) is 6.54 Å². The SMILES string of the molecule is N#Cc1cc(NCc2ccc(F)cc2)ccc1F. The van der Waals surface area contributed by atoms with E-state index in [9.17, 15) is 8.78 Å². The summed E-state index contributed by atoms with van der Waals surface area (Å²) in [5, 5.41) is 11.7. The minimum absolute atomic E-state index is 0.000828. The summed E-state index contributed by atoms with van der Waals surface area (Å²) in [6.07, 6.45) is 0. The average Bonchev–Trinajstić information content (AvgIpc) is 2.39. The number of hydrogen-bond acceptors (Lipinski definition) is 2. The monoisotopic (exact) mass is 244 g/mol. The summed E-state index contributed by atoms with van der Waals surface area (Å²) in [5.41, 5.74) is 1.55. The number of nitrogens with one attached hydrogen (secondary N) is 1. The molecule has 18 heavy (non-hydrogen) atoms. The van der Waals surface area contributed by atoms with Crippen molar-refractivity contribution in [2.24, 2.45) is 0 Å². The van der Waals surface area contributed by atoms with Gasteiger partial charge in [-0.25, -0.2) is 8.78 Å². The van der Waals surface area contributed by atoms with Gasteiger partial charge in [-0.15, -0.1) is 0 Å². The van der Waals surface area contributed by atoms with E-state index in [1.54, 1.807) is 24.3 Å². The second kappa shape index (κ2) is 5.28. The first-order valence-corrected chi connectivity index (χ1v) is 5.37. The second-order valence-electron chi connectivity index (χ2n) is 3.79. The van der Waals surface area contributed by atoms with Gasteiger partial charge in [-0.1, -0.05) is 12.1 Å². The summed E-state index contributed by atoms with van der Waals surface area (Å²) in [5.74, 6) is -0.822. The van der Waals surface area contributed by atoms with Crippen LogP contribution in [0.4, 0.5) is 14.5 Å². The highest BCUT2D eigenvalue weighted by atomic mass is 19.1. The molecule has 0 amide bonds. The van der Waals surface area contributed by atoms with E-state index in [0.717, 1.165) is 5.56 Å². The van der Waals surface area contributed by atoms with Gasteiger partial charge < -0.3 is 5.32 Å². The van der Waals surface area contributed by atoms with Crippen LogP contribution in [0, 0.1) is 23.0 Å². The minimum Gasteiger partial charge on any atom is -0.381 e. The maximum atomic E-state index is 13.1. The first-order chi connectivity index (χ1) is 8.69. The standard InChI is InChI=1S/C14H10F2N2/c15-12-3-1-10(2-4-12)9-18-13-5-6-14(16)11(7-13)8-17/h1-7,18H,9H2. The van der Waals surface area contributed by atoms with Gasteiger partial charge in [0.15, 0.2) is 0 Å². The zero-order valence-corrected chi connectivity index (χ0v) is 9.45. The summed E-state index contributed by atoms with van der Waals surface area (Å²) in [4.78, 5) is 0. The molecule has 2 aromatic rings. The average molecular weight is 244 g/mol. The van der Waals surface area contributed by atoms with Crippen molar-refractivity contribution in [1.29, 1.82) is 5.26 Å². The van der Waals surface area contributed by atoms with Crippen LogP contribution in [0.25, 0.3) is 0 Å². The molecule has 0 atom stereocenters. The molecule has 0 fully saturated rings. The van der Waals surface area contributed by atoms with Gasteiger partial charge in [-0.05, 0) is 35.9 Å². The van der Waals surface area contributed by atoms with Crippen molar-refractivity contribution in [3.05, 3.63) is 65.2 Å². The molecule has 0 radical (unpaired) electrons. The summed E-state index contributed by atoms with van der Waals surface area (Å²) >= 11 is 0. The number of anilines is 1. The van der Waals surface area contributed by atoms with E-state index < -0.39 is 5.82 Å². The van der Waals surface area contributed by atoms with Gasteiger partial charge in [0, 0.05) is 12.2 Å². The summed E-state index contributed by atoms with van der Waals surface area (Å²) < 4.78 is 25.8. The van der Waals surface area contributed by atoms with Crippen molar-refractivity contribution in [1.82, 2.24) is 0 Å². The molecular formula is C14H10F2N2. The number of halogens is 2. The van der Waals surface area contributed by atoms with Crippen molar-refractivity contribution < 1.29 is 8.78 Å². The van der Waals surface area contributed by atoms with Gasteiger partial charge in [0.05, 0.1) is 5.56 Å². The van der Waals surface area contributed by atoms with E-state index in [1.807, 2.05) is 0 Å². The fourth-order valence-electron chi connectivity index (χ4n) is 1.53. The molecule has 0 bridgehead atoms. The quantitative estimate of drug-likeness (QED) is 0.897. The molecule has 0 aliphatic carbocycles. The van der Waals surface area contributed by atoms with Gasteiger partial charge in [0.2, 0.25) is 0 Å². The number of nitrogens with zero attached hydrogens (tertiary/aromatic N) is 1. The molecule has 0 spiro atoms. The van der Waals surface area contributed by atoms with Crippen LogP contribution in [-0.4, -0.2) is 0 Å². The zero-order chi connectivity index (χ0) is 13.0. The van der Waals surface area contributed by atoms with Gasteiger partial charge in [0.25, 0.3) is 0 Å². The van der Waals surface area contributed by atoms with Crippen LogP contribution in [0.2, 0.25) is 0 Å². The third-order valence-electron chi connectivity index (χ3n) is 2.50. The Morgan fingerprint density at radius 1 is 1.06 bits per heavy atom. The molecule has 0 saturated carbocycles. The van der Waals surface area contributed by atoms with E-state index >= 15 is 0 Å². The highest BCUT2D eigenvalue weighted by molar-refractivity contribution is 5.50. The van der Waals surface area contributed by atoms with Crippen molar-refractivity contribution in [2.45, 2.75) is 6.54 Å². The molecule has 0 aliphatic rings. The molecule has 4 heteroatoms. The topological polar surface area (TPSA) is 35.8 Å². The van der Waals surface area contributed by atoms with E-state index in [2.05, 4.69) is 5.32 Å². The lowest BCUT2D eigenvalue weighted by Crippen LogP contribution is -2.00. The van der Waals surface area contributed by atoms with Gasteiger partial charge in [-0.3, -0.25) is 0 Å². The van der Waals surface area contributed by atoms with Crippen LogP contribution in [0.5, 0.6) is 0 Å². The van der Waals surface area contributed by atoms with E-state index in [-0.39, 0.29) is 11.4 Å². The van der Waals surface area contributed by atoms with Gasteiger partial charge in [0.1, 0.15) is 17.7 Å². The van der Waals surface area contributed by atoms with E-state index in [0.29, 0.717) is 12.2 Å². The molecule has 0 aliphatic heterocycles. The molecule has 0 saturated heterocycles. The molecule has 1 N–H and O–H groups in total. The predicted molar refractivity (Wildman–Crippen MR) is 64.8 cm³/mol. The third kappa shape index (κ3) is 2.83. The highest BCUT2D eigenvalue weighted by Crippen LogP contribution is 2.15. The van der Waals surface area contributed by atoms with Crippen LogP contribution >= 0.6 is 0 Å². The van der Waals surface area contributed by atoms with Gasteiger partial charge in [-0.2, -0.15) is 5.26 Å². The summed E-state index contributed by atoms with van der Waals surface area (Å²) in [6, 6.07) is 12.1. The van der Waals surface area contributed by atoms with Crippen molar-refractivity contribution in [3.63, 3.8) is 0 Å². The normalized spacial score (nSPS) is 9.83. The third-order valence-corrected chi connectivity index (χ3v) is 2.50. The molecule has 2 nitrogen and oxygen atoms in total. The molecule has 2 rings (SSSR count). The Morgan fingerprint density at radius 3 is 2.44 bits per heavy atom. The number of rotatable bonds is 3. The first-order valence-electron chi connectivity index (χ1n) is 5.37. The Labute approximate surface area is 103 Å². The molecule has 90 valence electrons. The number of hydrogen-bond donors (Lipinski definition) is 1.